The summed E-state index contributed by atoms with van der Waals surface area (Å²) in [4.78, 5) is 7.07. The van der Waals surface area contributed by atoms with Gasteiger partial charge in [0.15, 0.2) is 5.82 Å². The number of benzene rings is 1. The van der Waals surface area contributed by atoms with E-state index in [-0.39, 0.29) is 24.7 Å². The van der Waals surface area contributed by atoms with E-state index >= 15 is 0 Å². The first-order valence-corrected chi connectivity index (χ1v) is 11.6. The zero-order valence-corrected chi connectivity index (χ0v) is 19.6. The fourth-order valence-electron chi connectivity index (χ4n) is 5.30. The van der Waals surface area contributed by atoms with Crippen LogP contribution in [-0.4, -0.2) is 39.8 Å². The molecular weight excluding hydrogens is 448 g/mol. The minimum atomic E-state index is -4.18. The van der Waals surface area contributed by atoms with Gasteiger partial charge in [0.25, 0.3) is 0 Å². The molecular formula is C24H32F4N6. The van der Waals surface area contributed by atoms with Gasteiger partial charge in [-0.15, -0.1) is 0 Å². The van der Waals surface area contributed by atoms with E-state index in [2.05, 4.69) is 11.5 Å². The van der Waals surface area contributed by atoms with Crippen molar-refractivity contribution in [2.75, 3.05) is 18.1 Å². The zero-order valence-electron chi connectivity index (χ0n) is 19.6. The Balaban J connectivity index is 1.75. The number of nitrogens with zero attached hydrogens (tertiary/aromatic N) is 4. The monoisotopic (exact) mass is 480 g/mol. The number of fused-ring (bicyclic) bond motifs is 1. The third-order valence-corrected chi connectivity index (χ3v) is 7.24. The summed E-state index contributed by atoms with van der Waals surface area (Å²) in [5, 5.41) is 1.59. The van der Waals surface area contributed by atoms with Crippen molar-refractivity contribution in [2.24, 2.45) is 17.5 Å². The van der Waals surface area contributed by atoms with Crippen LogP contribution < -0.4 is 16.6 Å². The van der Waals surface area contributed by atoms with Crippen molar-refractivity contribution in [2.45, 2.75) is 63.8 Å². The van der Waals surface area contributed by atoms with Gasteiger partial charge in [-0.25, -0.2) is 15.2 Å². The number of imidazole rings is 1. The number of halogens is 4. The Morgan fingerprint density at radius 1 is 1.15 bits per heavy atom. The Bertz CT molecular complexity index is 1030. The first-order valence-electron chi connectivity index (χ1n) is 11.6. The van der Waals surface area contributed by atoms with E-state index < -0.39 is 17.6 Å². The van der Waals surface area contributed by atoms with E-state index in [4.69, 9.17) is 16.6 Å². The second-order valence-corrected chi connectivity index (χ2v) is 9.70. The van der Waals surface area contributed by atoms with Gasteiger partial charge in [-0.3, -0.25) is 5.01 Å². The van der Waals surface area contributed by atoms with Crippen LogP contribution in [0.2, 0.25) is 0 Å². The van der Waals surface area contributed by atoms with Crippen molar-refractivity contribution in [3.63, 3.8) is 0 Å². The summed E-state index contributed by atoms with van der Waals surface area (Å²) in [5.41, 5.74) is 7.38. The van der Waals surface area contributed by atoms with E-state index in [1.807, 2.05) is 18.4 Å². The van der Waals surface area contributed by atoms with Gasteiger partial charge in [-0.2, -0.15) is 13.2 Å². The van der Waals surface area contributed by atoms with Crippen molar-refractivity contribution >= 4 is 5.82 Å². The SMILES string of the molecule is C=C(CN)N1CCn2c(nc(-c3ccc(F)cc3)c2N(N)C2CCC(C(F)(F)F)CC2)C1(C)C. The van der Waals surface area contributed by atoms with Crippen LogP contribution in [0.3, 0.4) is 0 Å². The Kier molecular flexibility index (Phi) is 6.41. The zero-order chi connectivity index (χ0) is 24.8. The summed E-state index contributed by atoms with van der Waals surface area (Å²) in [6.07, 6.45) is -3.42. The molecule has 6 nitrogen and oxygen atoms in total. The molecule has 34 heavy (non-hydrogen) atoms. The third-order valence-electron chi connectivity index (χ3n) is 7.24. The minimum Gasteiger partial charge on any atom is -0.360 e. The Morgan fingerprint density at radius 3 is 2.32 bits per heavy atom. The van der Waals surface area contributed by atoms with E-state index in [9.17, 15) is 17.6 Å². The number of aromatic nitrogens is 2. The van der Waals surface area contributed by atoms with Crippen molar-refractivity contribution in [3.8, 4) is 11.3 Å². The van der Waals surface area contributed by atoms with E-state index in [0.29, 0.717) is 49.6 Å². The van der Waals surface area contributed by atoms with Gasteiger partial charge in [0.1, 0.15) is 17.3 Å². The molecule has 0 bridgehead atoms. The summed E-state index contributed by atoms with van der Waals surface area (Å²) in [7, 11) is 0. The summed E-state index contributed by atoms with van der Waals surface area (Å²) in [6, 6.07) is 5.76. The molecule has 4 N–H and O–H groups in total. The molecule has 0 radical (unpaired) electrons. The van der Waals surface area contributed by atoms with Crippen LogP contribution in [0.4, 0.5) is 23.4 Å². The number of anilines is 1. The van der Waals surface area contributed by atoms with Gasteiger partial charge in [-0.1, -0.05) is 6.58 Å². The fourth-order valence-corrected chi connectivity index (χ4v) is 5.30. The molecule has 0 spiro atoms. The number of rotatable bonds is 5. The van der Waals surface area contributed by atoms with Gasteiger partial charge >= 0.3 is 6.18 Å². The first kappa shape index (κ1) is 24.5. The number of nitrogens with two attached hydrogens (primary N) is 2. The second kappa shape index (κ2) is 8.88. The molecule has 0 unspecified atom stereocenters. The highest BCUT2D eigenvalue weighted by atomic mass is 19.4. The summed E-state index contributed by atoms with van der Waals surface area (Å²) in [5.74, 6) is 6.38. The molecule has 2 heterocycles. The largest absolute Gasteiger partial charge is 0.391 e. The lowest BCUT2D eigenvalue weighted by atomic mass is 9.85. The van der Waals surface area contributed by atoms with Crippen LogP contribution in [0.25, 0.3) is 11.3 Å². The average Bonchev–Trinajstić information content (AvgIpc) is 3.19. The standard InChI is InChI=1S/C24H32F4N6/c1-15(14-29)33-13-12-32-21(34(30)19-10-6-17(7-11-19)24(26,27)28)20(31-22(32)23(33,2)3)16-4-8-18(25)9-5-16/h4-5,8-9,17,19H,1,6-7,10-14,29-30H2,2-3H3. The van der Waals surface area contributed by atoms with Crippen molar-refractivity contribution in [1.29, 1.82) is 0 Å². The maximum absolute atomic E-state index is 13.6. The van der Waals surface area contributed by atoms with Crippen LogP contribution >= 0.6 is 0 Å². The highest BCUT2D eigenvalue weighted by Gasteiger charge is 2.44. The fraction of sp³-hybridized carbons (Fsp3) is 0.542. The predicted octanol–water partition coefficient (Wildman–Crippen LogP) is 4.51. The molecule has 1 aliphatic heterocycles. The van der Waals surface area contributed by atoms with Crippen LogP contribution in [0.5, 0.6) is 0 Å². The molecule has 0 atom stereocenters. The smallest absolute Gasteiger partial charge is 0.360 e. The summed E-state index contributed by atoms with van der Waals surface area (Å²) in [6.45, 7) is 9.66. The van der Waals surface area contributed by atoms with Crippen molar-refractivity contribution in [3.05, 3.63) is 48.2 Å². The molecule has 186 valence electrons. The Morgan fingerprint density at radius 2 is 1.76 bits per heavy atom. The molecule has 1 aromatic heterocycles. The molecule has 0 amide bonds. The predicted molar refractivity (Wildman–Crippen MR) is 124 cm³/mol. The molecule has 0 saturated heterocycles. The highest BCUT2D eigenvalue weighted by Crippen LogP contribution is 2.43. The third kappa shape index (κ3) is 4.29. The average molecular weight is 481 g/mol. The molecule has 1 saturated carbocycles. The molecule has 1 aliphatic carbocycles. The number of alkyl halides is 3. The van der Waals surface area contributed by atoms with Crippen LogP contribution in [0, 0.1) is 11.7 Å². The Labute approximate surface area is 197 Å². The maximum Gasteiger partial charge on any atom is 0.391 e. The van der Waals surface area contributed by atoms with E-state index in [0.717, 1.165) is 11.5 Å². The van der Waals surface area contributed by atoms with Crippen LogP contribution in [0.15, 0.2) is 36.5 Å². The van der Waals surface area contributed by atoms with Gasteiger partial charge in [0, 0.05) is 36.9 Å². The molecule has 1 aromatic carbocycles. The summed E-state index contributed by atoms with van der Waals surface area (Å²) >= 11 is 0. The highest BCUT2D eigenvalue weighted by molar-refractivity contribution is 5.74. The molecule has 2 aliphatic rings. The van der Waals surface area contributed by atoms with Crippen LogP contribution in [0.1, 0.15) is 45.4 Å². The maximum atomic E-state index is 13.6. The summed E-state index contributed by atoms with van der Waals surface area (Å²) < 4.78 is 55.2. The van der Waals surface area contributed by atoms with Gasteiger partial charge in [-0.05, 0) is 63.8 Å². The van der Waals surface area contributed by atoms with Gasteiger partial charge in [0.2, 0.25) is 0 Å². The minimum absolute atomic E-state index is 0.0460. The molecule has 2 aromatic rings. The molecule has 4 rings (SSSR count). The van der Waals surface area contributed by atoms with Gasteiger partial charge < -0.3 is 15.2 Å². The first-order chi connectivity index (χ1) is 15.9. The lowest BCUT2D eigenvalue weighted by Gasteiger charge is -2.45. The van der Waals surface area contributed by atoms with Crippen LogP contribution in [-0.2, 0) is 12.1 Å². The van der Waals surface area contributed by atoms with Gasteiger partial charge in [0.05, 0.1) is 11.5 Å². The lowest BCUT2D eigenvalue weighted by Crippen LogP contribution is -2.51. The number of hydrogen-bond donors (Lipinski definition) is 2. The van der Waals surface area contributed by atoms with Crippen molar-refractivity contribution < 1.29 is 17.6 Å². The van der Waals surface area contributed by atoms with E-state index in [1.54, 1.807) is 17.1 Å². The topological polar surface area (TPSA) is 76.3 Å². The second-order valence-electron chi connectivity index (χ2n) is 9.70. The lowest BCUT2D eigenvalue weighted by molar-refractivity contribution is -0.182. The normalized spacial score (nSPS) is 22.4. The van der Waals surface area contributed by atoms with E-state index in [1.165, 1.54) is 12.1 Å². The number of hydrogen-bond acceptors (Lipinski definition) is 5. The molecule has 1 fully saturated rings. The number of hydrazine groups is 1. The Hall–Kier alpha value is -2.59. The quantitative estimate of drug-likeness (QED) is 0.374. The molecule has 10 heteroatoms. The van der Waals surface area contributed by atoms with Crippen molar-refractivity contribution in [1.82, 2.24) is 14.5 Å².